The summed E-state index contributed by atoms with van der Waals surface area (Å²) in [6, 6.07) is 5.76. The molecule has 94 valence electrons. The highest BCUT2D eigenvalue weighted by atomic mass is 32.2. The van der Waals surface area contributed by atoms with Crippen molar-refractivity contribution in [3.05, 3.63) is 30.1 Å². The van der Waals surface area contributed by atoms with Crippen LogP contribution in [0.1, 0.15) is 11.6 Å². The van der Waals surface area contributed by atoms with Gasteiger partial charge in [0.2, 0.25) is 10.0 Å². The van der Waals surface area contributed by atoms with Crippen molar-refractivity contribution in [1.29, 1.82) is 0 Å². The first kappa shape index (κ1) is 12.5. The molecule has 0 saturated carbocycles. The zero-order chi connectivity index (χ0) is 12.3. The Labute approximate surface area is 102 Å². The van der Waals surface area contributed by atoms with Crippen molar-refractivity contribution in [2.24, 2.45) is 5.92 Å². The summed E-state index contributed by atoms with van der Waals surface area (Å²) in [5.41, 5.74) is 0.966. The van der Waals surface area contributed by atoms with Gasteiger partial charge in [0.25, 0.3) is 0 Å². The maximum absolute atomic E-state index is 11.6. The molecule has 0 spiro atoms. The molecule has 1 aromatic heterocycles. The molecule has 1 aliphatic rings. The first-order valence-electron chi connectivity index (χ1n) is 5.65. The maximum atomic E-state index is 11.6. The fourth-order valence-electron chi connectivity index (χ4n) is 2.21. The minimum absolute atomic E-state index is 0.0855. The van der Waals surface area contributed by atoms with E-state index in [9.17, 15) is 8.42 Å². The second kappa shape index (κ2) is 5.12. The zero-order valence-corrected chi connectivity index (χ0v) is 10.6. The van der Waals surface area contributed by atoms with Crippen LogP contribution in [0.5, 0.6) is 0 Å². The number of rotatable bonds is 4. The summed E-state index contributed by atoms with van der Waals surface area (Å²) in [4.78, 5) is 4.31. The fourth-order valence-corrected chi connectivity index (χ4v) is 3.30. The lowest BCUT2D eigenvalue weighted by Crippen LogP contribution is -2.29. The summed E-state index contributed by atoms with van der Waals surface area (Å²) < 4.78 is 25.5. The largest absolute Gasteiger partial charge is 0.316 e. The van der Waals surface area contributed by atoms with Crippen LogP contribution in [0.25, 0.3) is 0 Å². The van der Waals surface area contributed by atoms with Crippen LogP contribution in [0.3, 0.4) is 0 Å². The Morgan fingerprint density at radius 1 is 1.47 bits per heavy atom. The predicted molar refractivity (Wildman–Crippen MR) is 66.2 cm³/mol. The lowest BCUT2D eigenvalue weighted by molar-refractivity contribution is 0.531. The van der Waals surface area contributed by atoms with Gasteiger partial charge in [-0.05, 0) is 31.6 Å². The van der Waals surface area contributed by atoms with Gasteiger partial charge in [-0.15, -0.1) is 0 Å². The smallest absolute Gasteiger partial charge is 0.211 e. The molecule has 5 nitrogen and oxygen atoms in total. The molecular formula is C11H17N3O2S. The van der Waals surface area contributed by atoms with Gasteiger partial charge < -0.3 is 5.32 Å². The minimum Gasteiger partial charge on any atom is -0.316 e. The molecule has 0 radical (unpaired) electrons. The number of hydrogen-bond acceptors (Lipinski definition) is 4. The highest BCUT2D eigenvalue weighted by molar-refractivity contribution is 7.89. The summed E-state index contributed by atoms with van der Waals surface area (Å²) >= 11 is 0. The third kappa shape index (κ3) is 3.02. The molecule has 0 aromatic carbocycles. The van der Waals surface area contributed by atoms with E-state index in [1.54, 1.807) is 6.20 Å². The molecule has 0 bridgehead atoms. The Balaban J connectivity index is 2.13. The molecule has 17 heavy (non-hydrogen) atoms. The van der Waals surface area contributed by atoms with Crippen LogP contribution < -0.4 is 10.0 Å². The fraction of sp³-hybridized carbons (Fsp3) is 0.545. The van der Waals surface area contributed by atoms with E-state index < -0.39 is 10.0 Å². The van der Waals surface area contributed by atoms with Crippen LogP contribution in [0.2, 0.25) is 0 Å². The molecule has 1 fully saturated rings. The van der Waals surface area contributed by atoms with Gasteiger partial charge in [0.05, 0.1) is 5.75 Å². The molecular weight excluding hydrogens is 238 g/mol. The topological polar surface area (TPSA) is 71.1 Å². The Morgan fingerprint density at radius 3 is 2.94 bits per heavy atom. The number of aromatic nitrogens is 1. The van der Waals surface area contributed by atoms with E-state index in [-0.39, 0.29) is 17.6 Å². The van der Waals surface area contributed by atoms with Crippen molar-refractivity contribution in [2.45, 2.75) is 5.92 Å². The van der Waals surface area contributed by atoms with E-state index in [1.165, 1.54) is 7.05 Å². The number of sulfonamides is 1. The van der Waals surface area contributed by atoms with Gasteiger partial charge in [0, 0.05) is 24.4 Å². The van der Waals surface area contributed by atoms with Crippen molar-refractivity contribution >= 4 is 10.0 Å². The van der Waals surface area contributed by atoms with Crippen molar-refractivity contribution in [3.63, 3.8) is 0 Å². The van der Waals surface area contributed by atoms with E-state index in [4.69, 9.17) is 0 Å². The van der Waals surface area contributed by atoms with E-state index in [2.05, 4.69) is 15.0 Å². The van der Waals surface area contributed by atoms with Gasteiger partial charge in [0.1, 0.15) is 0 Å². The monoisotopic (exact) mass is 255 g/mol. The highest BCUT2D eigenvalue weighted by Gasteiger charge is 2.32. The SMILES string of the molecule is CNS(=O)(=O)CC1CNCC1c1ccccn1. The number of pyridine rings is 1. The third-order valence-electron chi connectivity index (χ3n) is 3.15. The van der Waals surface area contributed by atoms with Crippen molar-refractivity contribution in [2.75, 3.05) is 25.9 Å². The normalized spacial score (nSPS) is 25.0. The van der Waals surface area contributed by atoms with E-state index >= 15 is 0 Å². The Morgan fingerprint density at radius 2 is 2.29 bits per heavy atom. The molecule has 2 unspecified atom stereocenters. The van der Waals surface area contributed by atoms with Gasteiger partial charge in [-0.3, -0.25) is 4.98 Å². The first-order chi connectivity index (χ1) is 8.12. The molecule has 2 atom stereocenters. The van der Waals surface area contributed by atoms with Crippen LogP contribution >= 0.6 is 0 Å². The molecule has 1 aromatic rings. The molecule has 0 amide bonds. The Hall–Kier alpha value is -0.980. The van der Waals surface area contributed by atoms with Crippen LogP contribution in [0.15, 0.2) is 24.4 Å². The lowest BCUT2D eigenvalue weighted by Gasteiger charge is -2.17. The minimum atomic E-state index is -3.16. The summed E-state index contributed by atoms with van der Waals surface area (Å²) in [6.07, 6.45) is 1.75. The van der Waals surface area contributed by atoms with Crippen LogP contribution in [-0.2, 0) is 10.0 Å². The summed E-state index contributed by atoms with van der Waals surface area (Å²) in [6.45, 7) is 1.52. The predicted octanol–water partition coefficient (Wildman–Crippen LogP) is -0.0662. The van der Waals surface area contributed by atoms with Crippen LogP contribution in [0, 0.1) is 5.92 Å². The van der Waals surface area contributed by atoms with Gasteiger partial charge in [-0.2, -0.15) is 0 Å². The number of nitrogens with one attached hydrogen (secondary N) is 2. The van der Waals surface area contributed by atoms with Crippen LogP contribution in [0.4, 0.5) is 0 Å². The third-order valence-corrected chi connectivity index (χ3v) is 4.64. The molecule has 6 heteroatoms. The van der Waals surface area contributed by atoms with Gasteiger partial charge >= 0.3 is 0 Å². The quantitative estimate of drug-likeness (QED) is 0.790. The van der Waals surface area contributed by atoms with Gasteiger partial charge in [-0.25, -0.2) is 13.1 Å². The van der Waals surface area contributed by atoms with Gasteiger partial charge in [-0.1, -0.05) is 6.07 Å². The molecule has 1 aliphatic heterocycles. The second-order valence-electron chi connectivity index (χ2n) is 4.26. The lowest BCUT2D eigenvalue weighted by atomic mass is 9.94. The van der Waals surface area contributed by atoms with E-state index in [0.717, 1.165) is 18.8 Å². The summed E-state index contributed by atoms with van der Waals surface area (Å²) in [7, 11) is -1.71. The number of nitrogens with zero attached hydrogens (tertiary/aromatic N) is 1. The molecule has 2 N–H and O–H groups in total. The van der Waals surface area contributed by atoms with Crippen molar-refractivity contribution < 1.29 is 8.42 Å². The Bertz CT molecular complexity index is 461. The standard InChI is InChI=1S/C11H17N3O2S/c1-12-17(15,16)8-9-6-13-7-10(9)11-4-2-3-5-14-11/h2-5,9-10,12-13H,6-8H2,1H3. The average Bonchev–Trinajstić information content (AvgIpc) is 2.77. The van der Waals surface area contributed by atoms with E-state index in [1.807, 2.05) is 18.2 Å². The van der Waals surface area contributed by atoms with Crippen molar-refractivity contribution in [3.8, 4) is 0 Å². The molecule has 2 heterocycles. The number of hydrogen-bond donors (Lipinski definition) is 2. The summed E-state index contributed by atoms with van der Waals surface area (Å²) in [5.74, 6) is 0.416. The Kier molecular flexibility index (Phi) is 3.76. The summed E-state index contributed by atoms with van der Waals surface area (Å²) in [5, 5.41) is 3.24. The first-order valence-corrected chi connectivity index (χ1v) is 7.30. The molecule has 0 aliphatic carbocycles. The van der Waals surface area contributed by atoms with Crippen LogP contribution in [-0.4, -0.2) is 39.3 Å². The highest BCUT2D eigenvalue weighted by Crippen LogP contribution is 2.27. The maximum Gasteiger partial charge on any atom is 0.211 e. The average molecular weight is 255 g/mol. The van der Waals surface area contributed by atoms with Gasteiger partial charge in [0.15, 0.2) is 0 Å². The second-order valence-corrected chi connectivity index (χ2v) is 6.24. The molecule has 1 saturated heterocycles. The molecule has 2 rings (SSSR count). The van der Waals surface area contributed by atoms with Crippen molar-refractivity contribution in [1.82, 2.24) is 15.0 Å². The van der Waals surface area contributed by atoms with E-state index in [0.29, 0.717) is 0 Å². The zero-order valence-electron chi connectivity index (χ0n) is 9.76.